The van der Waals surface area contributed by atoms with E-state index in [9.17, 15) is 0 Å². The molecule has 1 aromatic carbocycles. The van der Waals surface area contributed by atoms with Crippen LogP contribution in [0.25, 0.3) is 0 Å². The lowest BCUT2D eigenvalue weighted by atomic mass is 9.89. The normalized spacial score (nSPS) is 23.9. The Morgan fingerprint density at radius 3 is 2.75 bits per heavy atom. The Morgan fingerprint density at radius 1 is 1.38 bits per heavy atom. The number of ether oxygens (including phenoxy) is 1. The van der Waals surface area contributed by atoms with Gasteiger partial charge in [0.2, 0.25) is 0 Å². The van der Waals surface area contributed by atoms with Crippen LogP contribution in [0.1, 0.15) is 19.8 Å². The largest absolute Gasteiger partial charge is 0.489 e. The Bertz CT molecular complexity index is 364. The van der Waals surface area contributed by atoms with Crippen LogP contribution in [0.3, 0.4) is 0 Å². The van der Waals surface area contributed by atoms with Gasteiger partial charge in [0.1, 0.15) is 11.9 Å². The topological polar surface area (TPSA) is 21.3 Å². The zero-order valence-electron chi connectivity index (χ0n) is 9.17. The molecule has 2 rings (SSSR count). The van der Waals surface area contributed by atoms with Crippen molar-refractivity contribution in [2.24, 2.45) is 0 Å². The van der Waals surface area contributed by atoms with Crippen molar-refractivity contribution in [3.8, 4) is 5.75 Å². The Hall–Kier alpha value is -0.0600. The molecule has 0 aliphatic heterocycles. The molecule has 1 aliphatic rings. The van der Waals surface area contributed by atoms with Gasteiger partial charge >= 0.3 is 0 Å². The van der Waals surface area contributed by atoms with E-state index in [0.29, 0.717) is 12.1 Å². The summed E-state index contributed by atoms with van der Waals surface area (Å²) < 4.78 is 7.97. The molecule has 0 bridgehead atoms. The molecule has 4 heteroatoms. The minimum Gasteiger partial charge on any atom is -0.489 e. The highest BCUT2D eigenvalue weighted by atomic mass is 79.9. The summed E-state index contributed by atoms with van der Waals surface area (Å²) in [7, 11) is 0. The molecule has 0 unspecified atom stereocenters. The summed E-state index contributed by atoms with van der Waals surface area (Å²) in [5.74, 6) is 0.933. The SMILES string of the molecule is CCNC1CC(Oc2ccc(Br)cc2Br)C1. The van der Waals surface area contributed by atoms with Crippen molar-refractivity contribution < 1.29 is 4.74 Å². The van der Waals surface area contributed by atoms with Crippen LogP contribution in [0.15, 0.2) is 27.1 Å². The Kier molecular flexibility index (Phi) is 4.27. The van der Waals surface area contributed by atoms with E-state index in [1.807, 2.05) is 18.2 Å². The van der Waals surface area contributed by atoms with Crippen LogP contribution < -0.4 is 10.1 Å². The molecule has 0 radical (unpaired) electrons. The summed E-state index contributed by atoms with van der Waals surface area (Å²) in [6, 6.07) is 6.65. The lowest BCUT2D eigenvalue weighted by Gasteiger charge is -2.36. The van der Waals surface area contributed by atoms with Gasteiger partial charge in [-0.25, -0.2) is 0 Å². The van der Waals surface area contributed by atoms with E-state index in [0.717, 1.165) is 34.1 Å². The maximum Gasteiger partial charge on any atom is 0.133 e. The van der Waals surface area contributed by atoms with Crippen LogP contribution in [0.4, 0.5) is 0 Å². The zero-order chi connectivity index (χ0) is 11.5. The standard InChI is InChI=1S/C12H15Br2NO/c1-2-15-9-6-10(7-9)16-12-4-3-8(13)5-11(12)14/h3-5,9-10,15H,2,6-7H2,1H3. The Balaban J connectivity index is 1.87. The maximum absolute atomic E-state index is 5.90. The molecule has 0 aromatic heterocycles. The van der Waals surface area contributed by atoms with Crippen molar-refractivity contribution in [2.75, 3.05) is 6.54 Å². The summed E-state index contributed by atoms with van der Waals surface area (Å²) in [6.07, 6.45) is 2.58. The smallest absolute Gasteiger partial charge is 0.133 e. The molecule has 2 nitrogen and oxygen atoms in total. The number of hydrogen-bond acceptors (Lipinski definition) is 2. The summed E-state index contributed by atoms with van der Waals surface area (Å²) in [6.45, 7) is 3.18. The summed E-state index contributed by atoms with van der Waals surface area (Å²) in [4.78, 5) is 0. The van der Waals surface area contributed by atoms with E-state index < -0.39 is 0 Å². The van der Waals surface area contributed by atoms with Gasteiger partial charge in [-0.3, -0.25) is 0 Å². The van der Waals surface area contributed by atoms with E-state index >= 15 is 0 Å². The van der Waals surface area contributed by atoms with Crippen molar-refractivity contribution in [1.29, 1.82) is 0 Å². The first kappa shape index (κ1) is 12.4. The van der Waals surface area contributed by atoms with Gasteiger partial charge in [-0.05, 0) is 53.5 Å². The third kappa shape index (κ3) is 2.99. The average molecular weight is 349 g/mol. The predicted octanol–water partition coefficient (Wildman–Crippen LogP) is 3.73. The molecule has 1 aliphatic carbocycles. The Labute approximate surface area is 113 Å². The second-order valence-electron chi connectivity index (χ2n) is 4.04. The molecule has 1 N–H and O–H groups in total. The van der Waals surface area contributed by atoms with E-state index in [1.54, 1.807) is 0 Å². The van der Waals surface area contributed by atoms with Gasteiger partial charge in [0, 0.05) is 10.5 Å². The molecule has 16 heavy (non-hydrogen) atoms. The van der Waals surface area contributed by atoms with Gasteiger partial charge in [-0.1, -0.05) is 22.9 Å². The van der Waals surface area contributed by atoms with Gasteiger partial charge in [0.25, 0.3) is 0 Å². The van der Waals surface area contributed by atoms with Gasteiger partial charge in [0.05, 0.1) is 4.47 Å². The van der Waals surface area contributed by atoms with Crippen LogP contribution >= 0.6 is 31.9 Å². The van der Waals surface area contributed by atoms with Crippen molar-refractivity contribution in [3.63, 3.8) is 0 Å². The minimum absolute atomic E-state index is 0.363. The predicted molar refractivity (Wildman–Crippen MR) is 73.0 cm³/mol. The molecule has 0 heterocycles. The van der Waals surface area contributed by atoms with Gasteiger partial charge in [0.15, 0.2) is 0 Å². The Morgan fingerprint density at radius 2 is 2.12 bits per heavy atom. The van der Waals surface area contributed by atoms with Crippen molar-refractivity contribution >= 4 is 31.9 Å². The van der Waals surface area contributed by atoms with Gasteiger partial charge in [-0.2, -0.15) is 0 Å². The lowest BCUT2D eigenvalue weighted by Crippen LogP contribution is -2.46. The van der Waals surface area contributed by atoms with E-state index in [2.05, 4.69) is 44.1 Å². The molecule has 1 saturated carbocycles. The quantitative estimate of drug-likeness (QED) is 0.895. The summed E-state index contributed by atoms with van der Waals surface area (Å²) in [5.41, 5.74) is 0. The van der Waals surface area contributed by atoms with Crippen LogP contribution in [-0.4, -0.2) is 18.7 Å². The molecule has 1 aromatic rings. The molecule has 0 amide bonds. The fourth-order valence-electron chi connectivity index (χ4n) is 1.87. The van der Waals surface area contributed by atoms with Gasteiger partial charge in [-0.15, -0.1) is 0 Å². The zero-order valence-corrected chi connectivity index (χ0v) is 12.3. The molecule has 0 atom stereocenters. The van der Waals surface area contributed by atoms with Gasteiger partial charge < -0.3 is 10.1 Å². The summed E-state index contributed by atoms with van der Waals surface area (Å²) in [5, 5.41) is 3.42. The monoisotopic (exact) mass is 347 g/mol. The number of rotatable bonds is 4. The molecular formula is C12H15Br2NO. The average Bonchev–Trinajstić information content (AvgIpc) is 2.18. The van der Waals surface area contributed by atoms with Crippen LogP contribution in [-0.2, 0) is 0 Å². The minimum atomic E-state index is 0.363. The van der Waals surface area contributed by atoms with E-state index in [4.69, 9.17) is 4.74 Å². The number of benzene rings is 1. The molecule has 1 fully saturated rings. The third-order valence-corrected chi connectivity index (χ3v) is 3.89. The maximum atomic E-state index is 5.90. The first-order valence-corrected chi connectivity index (χ1v) is 7.12. The first-order valence-electron chi connectivity index (χ1n) is 5.54. The first-order chi connectivity index (χ1) is 7.69. The van der Waals surface area contributed by atoms with Crippen LogP contribution in [0.5, 0.6) is 5.75 Å². The molecule has 88 valence electrons. The number of nitrogens with one attached hydrogen (secondary N) is 1. The fourth-order valence-corrected chi connectivity index (χ4v) is 3.01. The number of hydrogen-bond donors (Lipinski definition) is 1. The van der Waals surface area contributed by atoms with E-state index in [-0.39, 0.29) is 0 Å². The fraction of sp³-hybridized carbons (Fsp3) is 0.500. The third-order valence-electron chi connectivity index (χ3n) is 2.78. The molecule has 0 spiro atoms. The lowest BCUT2D eigenvalue weighted by molar-refractivity contribution is 0.0852. The second kappa shape index (κ2) is 5.52. The van der Waals surface area contributed by atoms with E-state index in [1.165, 1.54) is 0 Å². The highest BCUT2D eigenvalue weighted by Gasteiger charge is 2.30. The highest BCUT2D eigenvalue weighted by molar-refractivity contribution is 9.11. The molecular weight excluding hydrogens is 334 g/mol. The van der Waals surface area contributed by atoms with Crippen molar-refractivity contribution in [3.05, 3.63) is 27.1 Å². The van der Waals surface area contributed by atoms with Crippen molar-refractivity contribution in [1.82, 2.24) is 5.32 Å². The van der Waals surface area contributed by atoms with Crippen LogP contribution in [0.2, 0.25) is 0 Å². The number of halogens is 2. The van der Waals surface area contributed by atoms with Crippen LogP contribution in [0, 0.1) is 0 Å². The molecule has 0 saturated heterocycles. The summed E-state index contributed by atoms with van der Waals surface area (Å²) >= 11 is 6.93. The second-order valence-corrected chi connectivity index (χ2v) is 5.81. The highest BCUT2D eigenvalue weighted by Crippen LogP contribution is 2.32. The van der Waals surface area contributed by atoms with Crippen molar-refractivity contribution in [2.45, 2.75) is 31.9 Å².